The molecular formula is C12H14Cl2FNO. The molecule has 17 heavy (non-hydrogen) atoms. The van der Waals surface area contributed by atoms with Crippen LogP contribution in [0.15, 0.2) is 18.2 Å². The van der Waals surface area contributed by atoms with Crippen molar-refractivity contribution >= 4 is 29.1 Å². The van der Waals surface area contributed by atoms with Gasteiger partial charge in [-0.3, -0.25) is 4.79 Å². The smallest absolute Gasteiger partial charge is 0.258 e. The number of alkyl halides is 1. The summed E-state index contributed by atoms with van der Waals surface area (Å²) in [6, 6.07) is 4.15. The van der Waals surface area contributed by atoms with Crippen LogP contribution in [0.1, 0.15) is 24.2 Å². The second kappa shape index (κ2) is 5.23. The summed E-state index contributed by atoms with van der Waals surface area (Å²) >= 11 is 11.6. The maximum atomic E-state index is 13.6. The molecule has 94 valence electrons. The zero-order valence-corrected chi connectivity index (χ0v) is 11.4. The fraction of sp³-hybridized carbons (Fsp3) is 0.417. The Hall–Kier alpha value is -0.800. The van der Waals surface area contributed by atoms with Crippen LogP contribution in [-0.4, -0.2) is 29.3 Å². The van der Waals surface area contributed by atoms with Crippen molar-refractivity contribution in [2.24, 2.45) is 0 Å². The van der Waals surface area contributed by atoms with E-state index in [4.69, 9.17) is 23.2 Å². The van der Waals surface area contributed by atoms with Crippen molar-refractivity contribution in [2.75, 3.05) is 12.9 Å². The van der Waals surface area contributed by atoms with E-state index in [2.05, 4.69) is 0 Å². The van der Waals surface area contributed by atoms with Gasteiger partial charge in [0.25, 0.3) is 5.91 Å². The van der Waals surface area contributed by atoms with Crippen LogP contribution in [0.2, 0.25) is 5.02 Å². The normalized spacial score (nSPS) is 11.4. The molecule has 0 atom stereocenters. The Morgan fingerprint density at radius 2 is 2.06 bits per heavy atom. The number of rotatable bonds is 3. The Morgan fingerprint density at radius 3 is 2.53 bits per heavy atom. The number of nitrogens with zero attached hydrogens (tertiary/aromatic N) is 1. The summed E-state index contributed by atoms with van der Waals surface area (Å²) in [5.41, 5.74) is -0.681. The number of hydrogen-bond donors (Lipinski definition) is 0. The summed E-state index contributed by atoms with van der Waals surface area (Å²) in [7, 11) is 1.58. The lowest BCUT2D eigenvalue weighted by Gasteiger charge is -2.34. The van der Waals surface area contributed by atoms with E-state index in [-0.39, 0.29) is 16.5 Å². The van der Waals surface area contributed by atoms with E-state index in [1.54, 1.807) is 20.9 Å². The predicted octanol–water partition coefficient (Wildman–Crippen LogP) is 3.57. The van der Waals surface area contributed by atoms with E-state index in [0.717, 1.165) is 0 Å². The van der Waals surface area contributed by atoms with Crippen molar-refractivity contribution in [2.45, 2.75) is 19.4 Å². The molecule has 0 aliphatic rings. The molecule has 1 aromatic rings. The Bertz CT molecular complexity index is 414. The highest BCUT2D eigenvalue weighted by atomic mass is 35.5. The van der Waals surface area contributed by atoms with Gasteiger partial charge in [-0.1, -0.05) is 17.7 Å². The van der Waals surface area contributed by atoms with Crippen LogP contribution < -0.4 is 0 Å². The first-order valence-electron chi connectivity index (χ1n) is 5.09. The van der Waals surface area contributed by atoms with Crippen LogP contribution in [-0.2, 0) is 0 Å². The van der Waals surface area contributed by atoms with E-state index in [1.165, 1.54) is 23.1 Å². The molecule has 0 aliphatic carbocycles. The maximum absolute atomic E-state index is 13.6. The molecule has 0 fully saturated rings. The third-order valence-electron chi connectivity index (χ3n) is 2.72. The van der Waals surface area contributed by atoms with Gasteiger partial charge in [-0.15, -0.1) is 11.6 Å². The fourth-order valence-electron chi connectivity index (χ4n) is 1.23. The number of carbonyl (C=O) groups excluding carboxylic acids is 1. The van der Waals surface area contributed by atoms with Gasteiger partial charge in [-0.25, -0.2) is 4.39 Å². The molecule has 0 bridgehead atoms. The minimum Gasteiger partial charge on any atom is -0.335 e. The average molecular weight is 278 g/mol. The van der Waals surface area contributed by atoms with Gasteiger partial charge < -0.3 is 4.90 Å². The van der Waals surface area contributed by atoms with Crippen LogP contribution in [0.5, 0.6) is 0 Å². The molecular weight excluding hydrogens is 264 g/mol. The van der Waals surface area contributed by atoms with Gasteiger partial charge in [-0.05, 0) is 26.0 Å². The van der Waals surface area contributed by atoms with E-state index in [1.807, 2.05) is 0 Å². The highest BCUT2D eigenvalue weighted by Gasteiger charge is 2.30. The Kier molecular flexibility index (Phi) is 4.39. The fourth-order valence-corrected chi connectivity index (χ4v) is 1.66. The molecule has 0 heterocycles. The number of carbonyl (C=O) groups is 1. The summed E-state index contributed by atoms with van der Waals surface area (Å²) in [6.07, 6.45) is 0. The SMILES string of the molecule is CN(C(=O)c1c(F)cccc1Cl)C(C)(C)CCl. The van der Waals surface area contributed by atoms with Crippen molar-refractivity contribution in [1.29, 1.82) is 0 Å². The van der Waals surface area contributed by atoms with Gasteiger partial charge in [0.05, 0.1) is 16.1 Å². The molecule has 1 rings (SSSR count). The highest BCUT2D eigenvalue weighted by Crippen LogP contribution is 2.24. The van der Waals surface area contributed by atoms with Crippen molar-refractivity contribution in [3.63, 3.8) is 0 Å². The molecule has 2 nitrogen and oxygen atoms in total. The summed E-state index contributed by atoms with van der Waals surface area (Å²) in [5.74, 6) is -0.847. The van der Waals surface area contributed by atoms with Gasteiger partial charge in [0.2, 0.25) is 0 Å². The molecule has 1 amide bonds. The molecule has 0 saturated heterocycles. The van der Waals surface area contributed by atoms with Crippen molar-refractivity contribution in [1.82, 2.24) is 4.90 Å². The first kappa shape index (κ1) is 14.3. The molecule has 5 heteroatoms. The molecule has 0 aliphatic heterocycles. The number of hydrogen-bond acceptors (Lipinski definition) is 1. The average Bonchev–Trinajstić information content (AvgIpc) is 2.27. The zero-order chi connectivity index (χ0) is 13.2. The second-order valence-corrected chi connectivity index (χ2v) is 5.08. The molecule has 0 spiro atoms. The van der Waals surface area contributed by atoms with Crippen molar-refractivity contribution in [3.05, 3.63) is 34.6 Å². The van der Waals surface area contributed by atoms with Gasteiger partial charge in [-0.2, -0.15) is 0 Å². The van der Waals surface area contributed by atoms with E-state index in [0.29, 0.717) is 0 Å². The lowest BCUT2D eigenvalue weighted by atomic mass is 10.0. The van der Waals surface area contributed by atoms with E-state index >= 15 is 0 Å². The third kappa shape index (κ3) is 2.90. The maximum Gasteiger partial charge on any atom is 0.258 e. The Morgan fingerprint density at radius 1 is 1.47 bits per heavy atom. The minimum atomic E-state index is -0.625. The molecule has 0 radical (unpaired) electrons. The van der Waals surface area contributed by atoms with Crippen LogP contribution in [0.4, 0.5) is 4.39 Å². The van der Waals surface area contributed by atoms with Gasteiger partial charge in [0, 0.05) is 12.9 Å². The molecule has 0 aromatic heterocycles. The number of benzene rings is 1. The third-order valence-corrected chi connectivity index (χ3v) is 3.69. The quantitative estimate of drug-likeness (QED) is 0.774. The van der Waals surface area contributed by atoms with Crippen molar-refractivity contribution < 1.29 is 9.18 Å². The van der Waals surface area contributed by atoms with Gasteiger partial charge in [0.15, 0.2) is 0 Å². The van der Waals surface area contributed by atoms with Crippen LogP contribution in [0, 0.1) is 5.82 Å². The van der Waals surface area contributed by atoms with E-state index in [9.17, 15) is 9.18 Å². The first-order chi connectivity index (χ1) is 7.81. The monoisotopic (exact) mass is 277 g/mol. The lowest BCUT2D eigenvalue weighted by Crippen LogP contribution is -2.46. The molecule has 1 aromatic carbocycles. The summed E-state index contributed by atoms with van der Waals surface area (Å²) in [4.78, 5) is 13.5. The van der Waals surface area contributed by atoms with Crippen LogP contribution >= 0.6 is 23.2 Å². The second-order valence-electron chi connectivity index (χ2n) is 4.41. The lowest BCUT2D eigenvalue weighted by molar-refractivity contribution is 0.0655. The molecule has 0 unspecified atom stereocenters. The largest absolute Gasteiger partial charge is 0.335 e. The standard InChI is InChI=1S/C12H14Cl2FNO/c1-12(2,7-13)16(3)11(17)10-8(14)5-4-6-9(10)15/h4-6H,7H2,1-3H3. The highest BCUT2D eigenvalue weighted by molar-refractivity contribution is 6.33. The summed E-state index contributed by atoms with van der Waals surface area (Å²) in [6.45, 7) is 3.60. The zero-order valence-electron chi connectivity index (χ0n) is 9.93. The van der Waals surface area contributed by atoms with Crippen molar-refractivity contribution in [3.8, 4) is 0 Å². The van der Waals surface area contributed by atoms with Gasteiger partial charge in [0.1, 0.15) is 5.82 Å². The minimum absolute atomic E-state index is 0.104. The number of halogens is 3. The summed E-state index contributed by atoms with van der Waals surface area (Å²) < 4.78 is 13.6. The predicted molar refractivity (Wildman–Crippen MR) is 68.3 cm³/mol. The molecule has 0 N–H and O–H groups in total. The molecule has 0 saturated carbocycles. The van der Waals surface area contributed by atoms with Crippen LogP contribution in [0.25, 0.3) is 0 Å². The summed E-state index contributed by atoms with van der Waals surface area (Å²) in [5, 5.41) is 0.104. The topological polar surface area (TPSA) is 20.3 Å². The van der Waals surface area contributed by atoms with E-state index < -0.39 is 17.3 Å². The van der Waals surface area contributed by atoms with Gasteiger partial charge >= 0.3 is 0 Å². The number of amides is 1. The van der Waals surface area contributed by atoms with Crippen LogP contribution in [0.3, 0.4) is 0 Å². The Labute approximate surface area is 110 Å². The Balaban J connectivity index is 3.14. The first-order valence-corrected chi connectivity index (χ1v) is 6.00.